The number of aliphatic carboxylic acids is 1. The number of carboxylic acids is 1. The van der Waals surface area contributed by atoms with Gasteiger partial charge in [-0.3, -0.25) is 19.8 Å². The lowest BCUT2D eigenvalue weighted by atomic mass is 9.88. The van der Waals surface area contributed by atoms with Crippen molar-refractivity contribution >= 4 is 23.5 Å². The van der Waals surface area contributed by atoms with Gasteiger partial charge >= 0.3 is 12.1 Å². The van der Waals surface area contributed by atoms with E-state index in [2.05, 4.69) is 0 Å². The first kappa shape index (κ1) is 20.3. The third kappa shape index (κ3) is 4.42. The Labute approximate surface area is 156 Å². The van der Waals surface area contributed by atoms with Crippen molar-refractivity contribution in [3.05, 3.63) is 39.9 Å². The lowest BCUT2D eigenvalue weighted by molar-refractivity contribution is -0.384. The van der Waals surface area contributed by atoms with Crippen LogP contribution in [0.15, 0.2) is 24.3 Å². The molecule has 146 valence electrons. The van der Waals surface area contributed by atoms with Crippen molar-refractivity contribution in [3.63, 3.8) is 0 Å². The molecule has 1 N–H and O–H groups in total. The number of carbonyl (C=O) groups is 3. The highest BCUT2D eigenvalue weighted by Gasteiger charge is 2.52. The van der Waals surface area contributed by atoms with Gasteiger partial charge in [0.1, 0.15) is 5.60 Å². The van der Waals surface area contributed by atoms with Crippen LogP contribution in [-0.2, 0) is 9.53 Å². The van der Waals surface area contributed by atoms with Crippen LogP contribution in [0.2, 0.25) is 0 Å². The largest absolute Gasteiger partial charge is 0.479 e. The zero-order chi connectivity index (χ0) is 20.4. The predicted molar refractivity (Wildman–Crippen MR) is 94.6 cm³/mol. The topological polar surface area (TPSA) is 127 Å². The highest BCUT2D eigenvalue weighted by molar-refractivity contribution is 6.01. The predicted octanol–water partition coefficient (Wildman–Crippen LogP) is 3.02. The number of rotatable bonds is 5. The molecule has 1 heterocycles. The molecule has 0 aromatic heterocycles. The first-order valence-corrected chi connectivity index (χ1v) is 8.48. The van der Waals surface area contributed by atoms with Gasteiger partial charge in [-0.1, -0.05) is 0 Å². The summed E-state index contributed by atoms with van der Waals surface area (Å²) in [5.41, 5.74) is -2.51. The Morgan fingerprint density at radius 2 is 1.85 bits per heavy atom. The maximum absolute atomic E-state index is 12.6. The first-order valence-electron chi connectivity index (χ1n) is 8.48. The number of ether oxygens (including phenoxy) is 1. The molecule has 9 nitrogen and oxygen atoms in total. The summed E-state index contributed by atoms with van der Waals surface area (Å²) in [6, 6.07) is 4.92. The average Bonchev–Trinajstić information content (AvgIpc) is 2.98. The van der Waals surface area contributed by atoms with E-state index in [1.165, 1.54) is 24.3 Å². The minimum atomic E-state index is -1.69. The monoisotopic (exact) mass is 378 g/mol. The summed E-state index contributed by atoms with van der Waals surface area (Å²) in [6.45, 7) is 5.19. The highest BCUT2D eigenvalue weighted by Crippen LogP contribution is 2.35. The van der Waals surface area contributed by atoms with E-state index in [9.17, 15) is 29.6 Å². The number of amides is 1. The second-order valence-corrected chi connectivity index (χ2v) is 7.48. The molecule has 1 unspecified atom stereocenters. The summed E-state index contributed by atoms with van der Waals surface area (Å²) in [5.74, 6) is -1.79. The van der Waals surface area contributed by atoms with Crippen LogP contribution in [0.1, 0.15) is 50.4 Å². The Bertz CT molecular complexity index is 767. The van der Waals surface area contributed by atoms with E-state index in [1.54, 1.807) is 20.8 Å². The maximum atomic E-state index is 12.6. The summed E-state index contributed by atoms with van der Waals surface area (Å²) >= 11 is 0. The molecule has 1 amide bonds. The number of nitro benzene ring substituents is 1. The van der Waals surface area contributed by atoms with Crippen molar-refractivity contribution in [1.82, 2.24) is 4.90 Å². The number of ketones is 1. The number of hydrogen-bond donors (Lipinski definition) is 1. The SMILES string of the molecule is CC(C)(C)OC(=O)N1CCCC1(CC(=O)c1ccc([N+](=O)[O-])cc1)C(=O)O. The third-order valence-corrected chi connectivity index (χ3v) is 4.35. The zero-order valence-corrected chi connectivity index (χ0v) is 15.4. The molecule has 0 bridgehead atoms. The molecule has 9 heteroatoms. The number of carbonyl (C=O) groups excluding carboxylic acids is 2. The van der Waals surface area contributed by atoms with Crippen molar-refractivity contribution < 1.29 is 29.2 Å². The highest BCUT2D eigenvalue weighted by atomic mass is 16.6. The minimum Gasteiger partial charge on any atom is -0.479 e. The molecule has 1 aliphatic heterocycles. The number of nitrogens with zero attached hydrogens (tertiary/aromatic N) is 2. The van der Waals surface area contributed by atoms with Crippen LogP contribution in [-0.4, -0.2) is 50.5 Å². The van der Waals surface area contributed by atoms with Crippen LogP contribution in [0.3, 0.4) is 0 Å². The Morgan fingerprint density at radius 1 is 1.26 bits per heavy atom. The lowest BCUT2D eigenvalue weighted by Crippen LogP contribution is -2.55. The number of likely N-dealkylation sites (tertiary alicyclic amines) is 1. The molecular weight excluding hydrogens is 356 g/mol. The van der Waals surface area contributed by atoms with Gasteiger partial charge in [0.25, 0.3) is 5.69 Å². The number of carboxylic acid groups (broad SMARTS) is 1. The minimum absolute atomic E-state index is 0.125. The number of benzene rings is 1. The first-order chi connectivity index (χ1) is 12.5. The Kier molecular flexibility index (Phi) is 5.53. The van der Waals surface area contributed by atoms with E-state index < -0.39 is 40.3 Å². The number of non-ortho nitro benzene ring substituents is 1. The van der Waals surface area contributed by atoms with Gasteiger partial charge in [-0.25, -0.2) is 9.59 Å². The van der Waals surface area contributed by atoms with E-state index >= 15 is 0 Å². The number of hydrogen-bond acceptors (Lipinski definition) is 6. The zero-order valence-electron chi connectivity index (χ0n) is 15.4. The van der Waals surface area contributed by atoms with Gasteiger partial charge in [-0.15, -0.1) is 0 Å². The third-order valence-electron chi connectivity index (χ3n) is 4.35. The molecular formula is C18H22N2O7. The van der Waals surface area contributed by atoms with Crippen molar-refractivity contribution in [2.45, 2.75) is 51.2 Å². The Balaban J connectivity index is 2.27. The molecule has 1 atom stereocenters. The van der Waals surface area contributed by atoms with Gasteiger partial charge in [0.15, 0.2) is 11.3 Å². The van der Waals surface area contributed by atoms with Crippen LogP contribution >= 0.6 is 0 Å². The van der Waals surface area contributed by atoms with Gasteiger partial charge in [-0.2, -0.15) is 0 Å². The lowest BCUT2D eigenvalue weighted by Gasteiger charge is -2.35. The van der Waals surface area contributed by atoms with Crippen LogP contribution in [0.4, 0.5) is 10.5 Å². The van der Waals surface area contributed by atoms with Gasteiger partial charge < -0.3 is 9.84 Å². The molecule has 1 saturated heterocycles. The van der Waals surface area contributed by atoms with Crippen molar-refractivity contribution in [1.29, 1.82) is 0 Å². The van der Waals surface area contributed by atoms with E-state index in [0.29, 0.717) is 6.42 Å². The summed E-state index contributed by atoms with van der Waals surface area (Å²) in [7, 11) is 0. The van der Waals surface area contributed by atoms with Crippen molar-refractivity contribution in [2.24, 2.45) is 0 Å². The second kappa shape index (κ2) is 7.34. The molecule has 2 rings (SSSR count). The number of Topliss-reactive ketones (excluding diaryl/α,β-unsaturated/α-hetero) is 1. The van der Waals surface area contributed by atoms with Crippen LogP contribution in [0.25, 0.3) is 0 Å². The van der Waals surface area contributed by atoms with E-state index in [4.69, 9.17) is 4.74 Å². The normalized spacial score (nSPS) is 19.6. The van der Waals surface area contributed by atoms with E-state index in [0.717, 1.165) is 4.90 Å². The molecule has 0 radical (unpaired) electrons. The summed E-state index contributed by atoms with van der Waals surface area (Å²) in [6.07, 6.45) is -0.655. The van der Waals surface area contributed by atoms with Gasteiger partial charge in [-0.05, 0) is 45.7 Å². The number of nitro groups is 1. The van der Waals surface area contributed by atoms with Crippen molar-refractivity contribution in [3.8, 4) is 0 Å². The van der Waals surface area contributed by atoms with Crippen LogP contribution in [0, 0.1) is 10.1 Å². The Morgan fingerprint density at radius 3 is 2.33 bits per heavy atom. The molecule has 27 heavy (non-hydrogen) atoms. The second-order valence-electron chi connectivity index (χ2n) is 7.48. The molecule has 1 aromatic carbocycles. The van der Waals surface area contributed by atoms with Gasteiger partial charge in [0.2, 0.25) is 0 Å². The fraction of sp³-hybridized carbons (Fsp3) is 0.500. The van der Waals surface area contributed by atoms with Crippen molar-refractivity contribution in [2.75, 3.05) is 6.54 Å². The van der Waals surface area contributed by atoms with E-state index in [-0.39, 0.29) is 24.2 Å². The average molecular weight is 378 g/mol. The fourth-order valence-electron chi connectivity index (χ4n) is 3.08. The standard InChI is InChI=1S/C18H22N2O7/c1-17(2,3)27-16(24)19-10-4-9-18(19,15(22)23)11-14(21)12-5-7-13(8-6-12)20(25)26/h5-8H,4,9-11H2,1-3H3,(H,22,23). The van der Waals surface area contributed by atoms with Crippen LogP contribution < -0.4 is 0 Å². The van der Waals surface area contributed by atoms with Gasteiger partial charge in [0, 0.05) is 30.7 Å². The fourth-order valence-corrected chi connectivity index (χ4v) is 3.08. The maximum Gasteiger partial charge on any atom is 0.411 e. The quantitative estimate of drug-likeness (QED) is 0.474. The molecule has 1 fully saturated rings. The molecule has 1 aliphatic rings. The summed E-state index contributed by atoms with van der Waals surface area (Å²) in [4.78, 5) is 48.4. The molecule has 0 spiro atoms. The van der Waals surface area contributed by atoms with Gasteiger partial charge in [0.05, 0.1) is 4.92 Å². The van der Waals surface area contributed by atoms with Crippen LogP contribution in [0.5, 0.6) is 0 Å². The van der Waals surface area contributed by atoms with E-state index in [1.807, 2.05) is 0 Å². The Hall–Kier alpha value is -2.97. The molecule has 0 aliphatic carbocycles. The molecule has 0 saturated carbocycles. The molecule has 1 aromatic rings. The summed E-state index contributed by atoms with van der Waals surface area (Å²) in [5, 5.41) is 20.5. The summed E-state index contributed by atoms with van der Waals surface area (Å²) < 4.78 is 5.29. The smallest absolute Gasteiger partial charge is 0.411 e.